The van der Waals surface area contributed by atoms with Crippen LogP contribution in [0.5, 0.6) is 0 Å². The van der Waals surface area contributed by atoms with E-state index in [0.717, 1.165) is 29.0 Å². The zero-order valence-corrected chi connectivity index (χ0v) is 25.5. The predicted molar refractivity (Wildman–Crippen MR) is 159 cm³/mol. The number of thioether (sulfide) groups is 1. The molecule has 40 heavy (non-hydrogen) atoms. The number of hydrogen-bond acceptors (Lipinski definition) is 8. The molecule has 2 fully saturated rings. The van der Waals surface area contributed by atoms with E-state index in [1.165, 1.54) is 4.88 Å². The minimum absolute atomic E-state index is 0.0218. The number of aromatic nitrogens is 1. The van der Waals surface area contributed by atoms with Crippen molar-refractivity contribution < 1.29 is 23.9 Å². The van der Waals surface area contributed by atoms with Gasteiger partial charge < -0.3 is 20.5 Å². The van der Waals surface area contributed by atoms with E-state index >= 15 is 0 Å². The lowest BCUT2D eigenvalue weighted by molar-refractivity contribution is -0.130. The monoisotopic (exact) mass is 592 g/mol. The summed E-state index contributed by atoms with van der Waals surface area (Å²) in [6, 6.07) is 7.31. The van der Waals surface area contributed by atoms with Crippen molar-refractivity contribution in [3.05, 3.63) is 41.0 Å². The number of halogens is 1. The van der Waals surface area contributed by atoms with Gasteiger partial charge in [-0.3, -0.25) is 14.5 Å². The Kier molecular flexibility index (Phi) is 11.3. The highest BCUT2D eigenvalue weighted by Crippen LogP contribution is 2.40. The average Bonchev–Trinajstić information content (AvgIpc) is 3.38. The molecular weight excluding hydrogens is 551 g/mol. The van der Waals surface area contributed by atoms with Gasteiger partial charge in [0.25, 0.3) is 5.91 Å². The number of likely N-dealkylation sites (tertiary alicyclic amines) is 1. The number of carbonyl (C=O) groups excluding carboxylic acids is 3. The number of amides is 2. The molecular formula is C29H41FN4O4S2. The van der Waals surface area contributed by atoms with E-state index in [-0.39, 0.29) is 24.8 Å². The van der Waals surface area contributed by atoms with Crippen LogP contribution in [0.15, 0.2) is 29.8 Å². The molecule has 1 saturated heterocycles. The van der Waals surface area contributed by atoms with Gasteiger partial charge in [-0.2, -0.15) is 11.8 Å². The van der Waals surface area contributed by atoms with E-state index in [9.17, 15) is 23.9 Å². The first kappa shape index (κ1) is 32.2. The molecule has 2 heterocycles. The molecule has 220 valence electrons. The Morgan fingerprint density at radius 2 is 2.00 bits per heavy atom. The minimum Gasteiger partial charge on any atom is -0.392 e. The summed E-state index contributed by atoms with van der Waals surface area (Å²) in [6.45, 7) is 8.90. The molecule has 1 saturated carbocycles. The lowest BCUT2D eigenvalue weighted by atomic mass is 10.0. The number of aliphatic hydroxyl groups excluding tert-OH is 1. The topological polar surface area (TPSA) is 112 Å². The van der Waals surface area contributed by atoms with Crippen molar-refractivity contribution in [3.8, 4) is 10.4 Å². The Morgan fingerprint density at radius 1 is 1.32 bits per heavy atom. The standard InChI is InChI=1S/C17H21N3O2S.C12H20FNO2S/c1-11-16(23-10-19-11)13-5-3-12(4-6-13)8-18-17(22)15-7-14(21)9-20(15)2;1-4-7-17-11(2,3)9(8-15)14-10(16)12(13)5-6-12/h3-6,10,14-15,21H,7-9H2,1-2H3,(H,18,22);8-9H,4-7H2,1-3H3,(H,14,16). The van der Waals surface area contributed by atoms with Gasteiger partial charge in [-0.25, -0.2) is 9.37 Å². The summed E-state index contributed by atoms with van der Waals surface area (Å²) in [6.07, 6.45) is 2.34. The van der Waals surface area contributed by atoms with E-state index in [1.807, 2.05) is 50.4 Å². The van der Waals surface area contributed by atoms with E-state index in [4.69, 9.17) is 0 Å². The third kappa shape index (κ3) is 8.58. The highest BCUT2D eigenvalue weighted by molar-refractivity contribution is 8.00. The molecule has 1 aliphatic heterocycles. The maximum Gasteiger partial charge on any atom is 0.258 e. The summed E-state index contributed by atoms with van der Waals surface area (Å²) in [4.78, 5) is 42.2. The van der Waals surface area contributed by atoms with Crippen molar-refractivity contribution in [2.24, 2.45) is 0 Å². The average molecular weight is 593 g/mol. The summed E-state index contributed by atoms with van der Waals surface area (Å²) in [7, 11) is 1.87. The number of nitrogens with zero attached hydrogens (tertiary/aromatic N) is 2. The summed E-state index contributed by atoms with van der Waals surface area (Å²) in [5, 5.41) is 15.1. The Hall–Kier alpha value is -2.34. The fourth-order valence-electron chi connectivity index (χ4n) is 4.37. The van der Waals surface area contributed by atoms with Crippen LogP contribution in [0.4, 0.5) is 4.39 Å². The maximum atomic E-state index is 13.5. The zero-order chi connectivity index (χ0) is 29.5. The summed E-state index contributed by atoms with van der Waals surface area (Å²) >= 11 is 3.25. The number of rotatable bonds is 11. The second-order valence-electron chi connectivity index (χ2n) is 11.0. The van der Waals surface area contributed by atoms with Gasteiger partial charge in [-0.15, -0.1) is 11.3 Å². The lowest BCUT2D eigenvalue weighted by Crippen LogP contribution is -2.51. The molecule has 2 amide bonds. The molecule has 8 nitrogen and oxygen atoms in total. The largest absolute Gasteiger partial charge is 0.392 e. The third-order valence-corrected chi connectivity index (χ3v) is 9.79. The molecule has 3 atom stereocenters. The van der Waals surface area contributed by atoms with Crippen molar-refractivity contribution in [3.63, 3.8) is 0 Å². The number of carbonyl (C=O) groups is 3. The van der Waals surface area contributed by atoms with Gasteiger partial charge >= 0.3 is 0 Å². The van der Waals surface area contributed by atoms with E-state index in [1.54, 1.807) is 23.1 Å². The molecule has 0 spiro atoms. The van der Waals surface area contributed by atoms with Gasteiger partial charge in [0.2, 0.25) is 5.91 Å². The van der Waals surface area contributed by atoms with E-state index in [0.29, 0.717) is 25.8 Å². The molecule has 2 aliphatic rings. The predicted octanol–water partition coefficient (Wildman–Crippen LogP) is 3.89. The quantitative estimate of drug-likeness (QED) is 0.340. The Bertz CT molecular complexity index is 1150. The normalized spacial score (nSPS) is 20.7. The number of thiazole rings is 1. The number of aryl methyl sites for hydroxylation is 1. The molecule has 11 heteroatoms. The van der Waals surface area contributed by atoms with Crippen molar-refractivity contribution >= 4 is 41.2 Å². The summed E-state index contributed by atoms with van der Waals surface area (Å²) in [5.41, 5.74) is 3.39. The Morgan fingerprint density at radius 3 is 2.50 bits per heavy atom. The van der Waals surface area contributed by atoms with Crippen molar-refractivity contribution in [2.45, 2.75) is 88.5 Å². The Balaban J connectivity index is 0.000000232. The van der Waals surface area contributed by atoms with Crippen LogP contribution in [0.3, 0.4) is 0 Å². The number of aldehydes is 1. The SMILES string of the molecule is CCCSC(C)(C)C(C=O)NC(=O)C1(F)CC1.Cc1ncsc1-c1ccc(CNC(=O)C2CC(O)CN2C)cc1. The smallest absolute Gasteiger partial charge is 0.258 e. The number of benzene rings is 1. The van der Waals surface area contributed by atoms with Gasteiger partial charge in [-0.05, 0) is 70.4 Å². The second kappa shape index (κ2) is 14.0. The second-order valence-corrected chi connectivity index (χ2v) is 13.6. The number of β-amino-alcohol motifs (C(OH)–C–C–N with tert-alkyl or cyclic N) is 1. The number of aliphatic hydroxyl groups is 1. The summed E-state index contributed by atoms with van der Waals surface area (Å²) in [5.74, 6) is 0.250. The molecule has 3 unspecified atom stereocenters. The number of hydrogen-bond donors (Lipinski definition) is 3. The number of alkyl halides is 1. The minimum atomic E-state index is -1.72. The van der Waals surface area contributed by atoms with Gasteiger partial charge in [-0.1, -0.05) is 31.2 Å². The molecule has 1 aliphatic carbocycles. The first-order valence-corrected chi connectivity index (χ1v) is 15.5. The lowest BCUT2D eigenvalue weighted by Gasteiger charge is -2.31. The maximum absolute atomic E-state index is 13.5. The third-order valence-electron chi connectivity index (χ3n) is 7.20. The van der Waals surface area contributed by atoms with Crippen LogP contribution in [0.2, 0.25) is 0 Å². The van der Waals surface area contributed by atoms with Gasteiger partial charge in [0.05, 0.1) is 34.3 Å². The van der Waals surface area contributed by atoms with Crippen LogP contribution >= 0.6 is 23.1 Å². The van der Waals surface area contributed by atoms with E-state index < -0.39 is 28.5 Å². The molecule has 0 bridgehead atoms. The molecule has 0 radical (unpaired) electrons. The molecule has 1 aromatic carbocycles. The van der Waals surface area contributed by atoms with Gasteiger partial charge in [0.15, 0.2) is 5.67 Å². The van der Waals surface area contributed by atoms with Crippen LogP contribution in [0.1, 0.15) is 57.7 Å². The Labute approximate surface area is 244 Å². The van der Waals surface area contributed by atoms with E-state index in [2.05, 4.69) is 34.7 Å². The fraction of sp³-hybridized carbons (Fsp3) is 0.586. The molecule has 2 aromatic rings. The van der Waals surface area contributed by atoms with Crippen molar-refractivity contribution in [1.29, 1.82) is 0 Å². The van der Waals surface area contributed by atoms with Crippen LogP contribution in [0, 0.1) is 6.92 Å². The molecule has 3 N–H and O–H groups in total. The summed E-state index contributed by atoms with van der Waals surface area (Å²) < 4.78 is 13.1. The molecule has 4 rings (SSSR count). The van der Waals surface area contributed by atoms with Crippen molar-refractivity contribution in [1.82, 2.24) is 20.5 Å². The van der Waals surface area contributed by atoms with Crippen molar-refractivity contribution in [2.75, 3.05) is 19.3 Å². The molecule has 1 aromatic heterocycles. The number of likely N-dealkylation sites (N-methyl/N-ethyl adjacent to an activating group) is 1. The zero-order valence-electron chi connectivity index (χ0n) is 23.9. The van der Waals surface area contributed by atoms with Crippen LogP contribution in [-0.4, -0.2) is 81.0 Å². The van der Waals surface area contributed by atoms with Crippen LogP contribution < -0.4 is 10.6 Å². The highest BCUT2D eigenvalue weighted by Gasteiger charge is 2.52. The number of nitrogens with one attached hydrogen (secondary N) is 2. The first-order valence-electron chi connectivity index (χ1n) is 13.6. The fourth-order valence-corrected chi connectivity index (χ4v) is 6.21. The highest BCUT2D eigenvalue weighted by atomic mass is 32.2. The van der Waals surface area contributed by atoms with Crippen LogP contribution in [0.25, 0.3) is 10.4 Å². The van der Waals surface area contributed by atoms with Gasteiger partial charge in [0.1, 0.15) is 6.29 Å². The van der Waals surface area contributed by atoms with Crippen LogP contribution in [-0.2, 0) is 20.9 Å². The van der Waals surface area contributed by atoms with Gasteiger partial charge in [0, 0.05) is 17.8 Å². The first-order chi connectivity index (χ1) is 18.9.